The van der Waals surface area contributed by atoms with Gasteiger partial charge >= 0.3 is 0 Å². The van der Waals surface area contributed by atoms with E-state index in [1.165, 1.54) is 128 Å². The molecule has 2 aliphatic carbocycles. The summed E-state index contributed by atoms with van der Waals surface area (Å²) < 4.78 is 0. The molecule has 164 valence electrons. The van der Waals surface area contributed by atoms with E-state index in [2.05, 4.69) is 17.6 Å². The highest BCUT2D eigenvalue weighted by Gasteiger charge is 2.18. The fourth-order valence-electron chi connectivity index (χ4n) is 4.80. The lowest BCUT2D eigenvalue weighted by Gasteiger charge is -2.29. The van der Waals surface area contributed by atoms with Crippen molar-refractivity contribution in [2.24, 2.45) is 4.99 Å². The lowest BCUT2D eigenvalue weighted by molar-refractivity contribution is 0.388. The molecule has 0 amide bonds. The SMILES string of the molecule is CCCCCCCCCCCCN=C(NC1CCCCC1)NC1CCCCC1. The zero-order valence-electron chi connectivity index (χ0n) is 19.0. The molecule has 0 bridgehead atoms. The van der Waals surface area contributed by atoms with E-state index in [1.807, 2.05) is 0 Å². The van der Waals surface area contributed by atoms with Crippen LogP contribution in [0.5, 0.6) is 0 Å². The van der Waals surface area contributed by atoms with Gasteiger partial charge in [-0.25, -0.2) is 0 Å². The minimum atomic E-state index is 0.649. The van der Waals surface area contributed by atoms with Crippen molar-refractivity contribution >= 4 is 5.96 Å². The van der Waals surface area contributed by atoms with Crippen LogP contribution in [0.15, 0.2) is 4.99 Å². The average molecular weight is 392 g/mol. The van der Waals surface area contributed by atoms with Crippen LogP contribution in [0.4, 0.5) is 0 Å². The number of nitrogens with zero attached hydrogens (tertiary/aromatic N) is 1. The fourth-order valence-corrected chi connectivity index (χ4v) is 4.80. The highest BCUT2D eigenvalue weighted by molar-refractivity contribution is 5.80. The molecule has 0 aromatic carbocycles. The molecule has 0 saturated heterocycles. The van der Waals surface area contributed by atoms with Crippen molar-refractivity contribution in [1.82, 2.24) is 10.6 Å². The van der Waals surface area contributed by atoms with Gasteiger partial charge in [-0.15, -0.1) is 0 Å². The van der Waals surface area contributed by atoms with E-state index in [-0.39, 0.29) is 0 Å². The molecule has 2 N–H and O–H groups in total. The molecule has 0 aromatic heterocycles. The molecule has 0 heterocycles. The number of rotatable bonds is 13. The van der Waals surface area contributed by atoms with Gasteiger partial charge in [-0.2, -0.15) is 0 Å². The third-order valence-corrected chi connectivity index (χ3v) is 6.67. The summed E-state index contributed by atoms with van der Waals surface area (Å²) in [4.78, 5) is 4.97. The van der Waals surface area contributed by atoms with Crippen molar-refractivity contribution in [1.29, 1.82) is 0 Å². The molecule has 0 radical (unpaired) electrons. The number of nitrogens with one attached hydrogen (secondary N) is 2. The largest absolute Gasteiger partial charge is 0.354 e. The Bertz CT molecular complexity index is 359. The maximum atomic E-state index is 4.97. The van der Waals surface area contributed by atoms with Crippen LogP contribution in [0, 0.1) is 0 Å². The molecule has 28 heavy (non-hydrogen) atoms. The minimum Gasteiger partial charge on any atom is -0.354 e. The van der Waals surface area contributed by atoms with Crippen LogP contribution in [0.3, 0.4) is 0 Å². The number of aliphatic imine (C=N–C) groups is 1. The van der Waals surface area contributed by atoms with Gasteiger partial charge in [-0.05, 0) is 32.1 Å². The minimum absolute atomic E-state index is 0.649. The lowest BCUT2D eigenvalue weighted by Crippen LogP contribution is -2.48. The second-order valence-corrected chi connectivity index (χ2v) is 9.37. The highest BCUT2D eigenvalue weighted by atomic mass is 15.2. The van der Waals surface area contributed by atoms with E-state index in [0.29, 0.717) is 12.1 Å². The maximum absolute atomic E-state index is 4.97. The fraction of sp³-hybridized carbons (Fsp3) is 0.960. The molecule has 2 rings (SSSR count). The molecule has 0 aliphatic heterocycles. The summed E-state index contributed by atoms with van der Waals surface area (Å²) in [6.07, 6.45) is 27.6. The zero-order chi connectivity index (χ0) is 19.7. The summed E-state index contributed by atoms with van der Waals surface area (Å²) in [5.74, 6) is 1.12. The number of unbranched alkanes of at least 4 members (excludes halogenated alkanes) is 9. The van der Waals surface area contributed by atoms with Crippen molar-refractivity contribution in [3.8, 4) is 0 Å². The van der Waals surface area contributed by atoms with Gasteiger partial charge in [-0.1, -0.05) is 103 Å². The summed E-state index contributed by atoms with van der Waals surface area (Å²) in [6.45, 7) is 3.29. The van der Waals surface area contributed by atoms with Crippen LogP contribution < -0.4 is 10.6 Å². The van der Waals surface area contributed by atoms with Crippen LogP contribution in [0.1, 0.15) is 135 Å². The van der Waals surface area contributed by atoms with Gasteiger partial charge in [0, 0.05) is 18.6 Å². The van der Waals surface area contributed by atoms with Gasteiger partial charge in [0.15, 0.2) is 5.96 Å². The summed E-state index contributed by atoms with van der Waals surface area (Å²) in [5.41, 5.74) is 0. The lowest BCUT2D eigenvalue weighted by atomic mass is 9.95. The Labute approximate surface area is 175 Å². The van der Waals surface area contributed by atoms with Gasteiger partial charge in [0.2, 0.25) is 0 Å². The van der Waals surface area contributed by atoms with Crippen LogP contribution in [0.2, 0.25) is 0 Å². The molecule has 0 spiro atoms. The van der Waals surface area contributed by atoms with Crippen molar-refractivity contribution in [3.63, 3.8) is 0 Å². The first-order valence-electron chi connectivity index (χ1n) is 13.0. The Morgan fingerprint density at radius 2 is 1.04 bits per heavy atom. The molecule has 0 unspecified atom stereocenters. The number of hydrogen-bond donors (Lipinski definition) is 2. The van der Waals surface area contributed by atoms with E-state index in [4.69, 9.17) is 4.99 Å². The summed E-state index contributed by atoms with van der Waals surface area (Å²) >= 11 is 0. The molecular weight excluding hydrogens is 342 g/mol. The van der Waals surface area contributed by atoms with E-state index in [1.54, 1.807) is 0 Å². The molecule has 0 atom stereocenters. The molecule has 2 saturated carbocycles. The van der Waals surface area contributed by atoms with Crippen molar-refractivity contribution in [3.05, 3.63) is 0 Å². The van der Waals surface area contributed by atoms with Crippen molar-refractivity contribution < 1.29 is 0 Å². The van der Waals surface area contributed by atoms with Crippen LogP contribution in [-0.4, -0.2) is 24.6 Å². The molecule has 2 aliphatic rings. The first-order valence-corrected chi connectivity index (χ1v) is 13.0. The Hall–Kier alpha value is -0.730. The third-order valence-electron chi connectivity index (χ3n) is 6.67. The first-order chi connectivity index (χ1) is 13.9. The Kier molecular flexibility index (Phi) is 13.5. The van der Waals surface area contributed by atoms with Gasteiger partial charge in [0.1, 0.15) is 0 Å². The topological polar surface area (TPSA) is 36.4 Å². The van der Waals surface area contributed by atoms with Crippen LogP contribution in [0.25, 0.3) is 0 Å². The second-order valence-electron chi connectivity index (χ2n) is 9.37. The van der Waals surface area contributed by atoms with E-state index >= 15 is 0 Å². The summed E-state index contributed by atoms with van der Waals surface area (Å²) in [5, 5.41) is 7.56. The Morgan fingerprint density at radius 3 is 1.50 bits per heavy atom. The van der Waals surface area contributed by atoms with Crippen molar-refractivity contribution in [2.45, 2.75) is 147 Å². The summed E-state index contributed by atoms with van der Waals surface area (Å²) in [7, 11) is 0. The predicted octanol–water partition coefficient (Wildman–Crippen LogP) is 7.11. The third kappa shape index (κ3) is 11.3. The van der Waals surface area contributed by atoms with Gasteiger partial charge in [-0.3, -0.25) is 4.99 Å². The van der Waals surface area contributed by atoms with E-state index in [0.717, 1.165) is 12.5 Å². The van der Waals surface area contributed by atoms with E-state index < -0.39 is 0 Å². The van der Waals surface area contributed by atoms with Gasteiger partial charge < -0.3 is 10.6 Å². The average Bonchev–Trinajstić information content (AvgIpc) is 2.73. The number of guanidine groups is 1. The van der Waals surface area contributed by atoms with Gasteiger partial charge in [0.25, 0.3) is 0 Å². The Balaban J connectivity index is 1.59. The van der Waals surface area contributed by atoms with Crippen molar-refractivity contribution in [2.75, 3.05) is 6.54 Å². The zero-order valence-corrected chi connectivity index (χ0v) is 19.0. The van der Waals surface area contributed by atoms with Crippen LogP contribution in [-0.2, 0) is 0 Å². The summed E-state index contributed by atoms with van der Waals surface area (Å²) in [6, 6.07) is 1.30. The van der Waals surface area contributed by atoms with E-state index in [9.17, 15) is 0 Å². The molecular formula is C25H49N3. The molecule has 0 aromatic rings. The highest BCUT2D eigenvalue weighted by Crippen LogP contribution is 2.19. The first kappa shape index (κ1) is 23.5. The standard InChI is InChI=1S/C25H49N3/c1-2-3-4-5-6-7-8-9-10-17-22-26-25(27-23-18-13-11-14-19-23)28-24-20-15-12-16-21-24/h23-24H,2-22H2,1H3,(H2,26,27,28). The van der Waals surface area contributed by atoms with Crippen LogP contribution >= 0.6 is 0 Å². The Morgan fingerprint density at radius 1 is 0.607 bits per heavy atom. The quantitative estimate of drug-likeness (QED) is 0.199. The predicted molar refractivity (Wildman–Crippen MR) is 124 cm³/mol. The second kappa shape index (κ2) is 16.1. The maximum Gasteiger partial charge on any atom is 0.191 e. The van der Waals surface area contributed by atoms with Gasteiger partial charge in [0.05, 0.1) is 0 Å². The number of hydrogen-bond acceptors (Lipinski definition) is 1. The smallest absolute Gasteiger partial charge is 0.191 e. The molecule has 3 nitrogen and oxygen atoms in total. The normalized spacial score (nSPS) is 18.8. The monoisotopic (exact) mass is 391 g/mol. The molecule has 2 fully saturated rings. The molecule has 3 heteroatoms.